The third-order valence-corrected chi connectivity index (χ3v) is 25.7. The third-order valence-electron chi connectivity index (χ3n) is 25.7. The van der Waals surface area contributed by atoms with Crippen molar-refractivity contribution in [1.29, 1.82) is 0 Å². The first-order valence-electron chi connectivity index (χ1n) is 50.2. The molecule has 8 aromatic heterocycles. The second-order valence-electron chi connectivity index (χ2n) is 34.2. The summed E-state index contributed by atoms with van der Waals surface area (Å²) < 4.78 is 19.3. The Bertz CT molecular complexity index is 8190. The predicted molar refractivity (Wildman–Crippen MR) is 605 cm³/mol. The summed E-state index contributed by atoms with van der Waals surface area (Å²) in [5.74, 6) is 0. The van der Waals surface area contributed by atoms with Crippen molar-refractivity contribution in [3.8, 4) is 0 Å². The van der Waals surface area contributed by atoms with Crippen LogP contribution in [0.25, 0.3) is 174 Å². The molecule has 8 heteroatoms. The lowest BCUT2D eigenvalue weighted by molar-refractivity contribution is 0.864. The average Bonchev–Trinajstić information content (AvgIpc) is 1.58. The van der Waals surface area contributed by atoms with E-state index in [4.69, 9.17) is 0 Å². The molecule has 0 N–H and O–H groups in total. The first-order chi connectivity index (χ1) is 66.4. The van der Waals surface area contributed by atoms with Gasteiger partial charge in [-0.1, -0.05) is 392 Å². The molecular weight excluding hydrogens is 1650 g/mol. The molecule has 0 aliphatic rings. The molecule has 136 heavy (non-hydrogen) atoms. The van der Waals surface area contributed by atoms with Crippen molar-refractivity contribution in [3.05, 3.63) is 382 Å². The van der Waals surface area contributed by atoms with E-state index in [9.17, 15) is 0 Å². The fraction of sp³-hybridized carbons (Fsp3) is 0.250. The number of aryl methyl sites for hydroxylation is 12. The summed E-state index contributed by atoms with van der Waals surface area (Å²) >= 11 is 0. The van der Waals surface area contributed by atoms with E-state index >= 15 is 0 Å². The highest BCUT2D eigenvalue weighted by Crippen LogP contribution is 2.44. The maximum Gasteiger partial charge on any atom is 0.0742 e. The Morgan fingerprint density at radius 2 is 0.368 bits per heavy atom. The van der Waals surface area contributed by atoms with Crippen LogP contribution in [0.4, 0.5) is 0 Å². The molecule has 0 unspecified atom stereocenters. The molecule has 696 valence electrons. The Hall–Kier alpha value is -14.1. The van der Waals surface area contributed by atoms with Gasteiger partial charge in [0, 0.05) is 190 Å². The largest absolute Gasteiger partial charge is 0.344 e. The number of benzene rings is 16. The lowest BCUT2D eigenvalue weighted by Crippen LogP contribution is -2.01. The molecule has 0 aliphatic carbocycles. The fourth-order valence-corrected chi connectivity index (χ4v) is 21.0. The maximum atomic E-state index is 2.52. The van der Waals surface area contributed by atoms with Crippen LogP contribution in [0.1, 0.15) is 178 Å². The molecule has 0 amide bonds. The number of fused-ring (bicyclic) bond motifs is 26. The van der Waals surface area contributed by atoms with E-state index < -0.39 is 0 Å². The minimum atomic E-state index is 0.868. The van der Waals surface area contributed by atoms with Gasteiger partial charge < -0.3 is 36.5 Å². The van der Waals surface area contributed by atoms with Crippen LogP contribution < -0.4 is 0 Å². The molecule has 0 saturated heterocycles. The molecule has 0 bridgehead atoms. The van der Waals surface area contributed by atoms with E-state index in [1.165, 1.54) is 241 Å². The molecule has 0 radical (unpaired) electrons. The summed E-state index contributed by atoms with van der Waals surface area (Å²) in [6.07, 6.45) is 0. The van der Waals surface area contributed by atoms with E-state index in [0.29, 0.717) is 0 Å². The highest BCUT2D eigenvalue weighted by atomic mass is 15.0. The van der Waals surface area contributed by atoms with Crippen LogP contribution >= 0.6 is 0 Å². The van der Waals surface area contributed by atoms with Crippen LogP contribution in [0.15, 0.2) is 315 Å². The highest BCUT2D eigenvalue weighted by Gasteiger charge is 2.24. The molecule has 0 saturated carbocycles. The van der Waals surface area contributed by atoms with Gasteiger partial charge in [0.1, 0.15) is 0 Å². The Balaban J connectivity index is 0.000000146. The monoisotopic (exact) mass is 1790 g/mol. The summed E-state index contributed by atoms with van der Waals surface area (Å²) in [5.41, 5.74) is 36.7. The Morgan fingerprint density at radius 3 is 0.743 bits per heavy atom. The molecular formula is C128H144N8. The van der Waals surface area contributed by atoms with Crippen molar-refractivity contribution in [2.45, 2.75) is 192 Å². The van der Waals surface area contributed by atoms with Gasteiger partial charge in [-0.2, -0.15) is 0 Å². The SMILES string of the molecule is CC.CC.CC.CC.CC.CC.CC.CC.Cc1cc(C)cc(Cn2c3ccccc3c3cc4c(cc32)c2ccccc2n4C)c1.Cc1cc(C)cc(Cn2c3ccccc3c3cc4c5ccccc5n(C)c4cc32)c1.Cc1cc(C)cc(Cn2c3ccccc3c3ccc4c(c5ccccc5n4C)c32)c1.Cc1cc(C)cc(Cn2c3ccccc3c3ccc4c5ccccc5n(C)c4c32)c1. The number of rotatable bonds is 8. The van der Waals surface area contributed by atoms with Gasteiger partial charge in [0.15, 0.2) is 0 Å². The summed E-state index contributed by atoms with van der Waals surface area (Å²) in [7, 11) is 8.72. The Morgan fingerprint density at radius 1 is 0.147 bits per heavy atom. The lowest BCUT2D eigenvalue weighted by Gasteiger charge is -2.11. The van der Waals surface area contributed by atoms with Crippen LogP contribution in [0.2, 0.25) is 0 Å². The standard InChI is InChI=1S/4C28H24N2.8C2H6/c1-18-14-19(2)16-20(15-18)17-30-25-11-7-4-8-21(25)22-12-13-26-27(28(22)30)23-9-5-6-10-24(23)29(26)3;1-18-12-19(2)14-20(13-18)17-30-26-11-7-5-9-22(26)24-15-27-23(16-28(24)30)21-8-4-6-10-25(21)29(27)3;1-18-12-19(2)14-20(13-18)17-30-26-11-7-5-9-22(26)24-15-23-21-8-4-6-10-25(21)29(3)27(23)16-28(24)30;1-18-14-19(2)16-20(15-18)17-30-26-11-7-5-9-22(26)24-13-12-23-21-8-4-6-10-25(21)29(3)27(23)28(24)30;8*1-2/h4*4-16H,17H2,1-3H3;8*1-2H3. The first kappa shape index (κ1) is 99.4. The van der Waals surface area contributed by atoms with Crippen LogP contribution in [-0.4, -0.2) is 36.5 Å². The predicted octanol–water partition coefficient (Wildman–Crippen LogP) is 36.6. The smallest absolute Gasteiger partial charge is 0.0742 e. The van der Waals surface area contributed by atoms with Crippen molar-refractivity contribution in [2.24, 2.45) is 28.2 Å². The summed E-state index contributed by atoms with van der Waals surface area (Å²) in [5, 5.41) is 21.2. The van der Waals surface area contributed by atoms with Crippen molar-refractivity contribution in [2.75, 3.05) is 0 Å². The molecule has 24 aromatic rings. The summed E-state index contributed by atoms with van der Waals surface area (Å²) in [6, 6.07) is 116. The summed E-state index contributed by atoms with van der Waals surface area (Å²) in [4.78, 5) is 0. The zero-order valence-electron chi connectivity index (χ0n) is 86.4. The van der Waals surface area contributed by atoms with E-state index in [1.807, 2.05) is 111 Å². The number of hydrogen-bond acceptors (Lipinski definition) is 0. The van der Waals surface area contributed by atoms with E-state index in [0.717, 1.165) is 26.2 Å². The zero-order valence-corrected chi connectivity index (χ0v) is 86.4. The van der Waals surface area contributed by atoms with E-state index in [-0.39, 0.29) is 0 Å². The minimum absolute atomic E-state index is 0.868. The quantitative estimate of drug-likeness (QED) is 0.145. The first-order valence-corrected chi connectivity index (χ1v) is 50.2. The minimum Gasteiger partial charge on any atom is -0.344 e. The van der Waals surface area contributed by atoms with Gasteiger partial charge in [0.25, 0.3) is 0 Å². The van der Waals surface area contributed by atoms with Crippen LogP contribution in [0.5, 0.6) is 0 Å². The molecule has 0 atom stereocenters. The Labute approximate surface area is 808 Å². The molecule has 0 aliphatic heterocycles. The van der Waals surface area contributed by atoms with Crippen molar-refractivity contribution >= 4 is 174 Å². The zero-order chi connectivity index (χ0) is 97.6. The highest BCUT2D eigenvalue weighted by molar-refractivity contribution is 6.27. The second-order valence-corrected chi connectivity index (χ2v) is 34.2. The number of para-hydroxylation sites is 8. The number of nitrogens with zero attached hydrogens (tertiary/aromatic N) is 8. The van der Waals surface area contributed by atoms with Gasteiger partial charge >= 0.3 is 0 Å². The molecule has 0 fully saturated rings. The van der Waals surface area contributed by atoms with Crippen molar-refractivity contribution in [1.82, 2.24) is 36.5 Å². The number of hydrogen-bond donors (Lipinski definition) is 0. The summed E-state index contributed by atoms with van der Waals surface area (Å²) in [6.45, 7) is 53.0. The molecule has 0 spiro atoms. The Kier molecular flexibility index (Phi) is 32.4. The van der Waals surface area contributed by atoms with Gasteiger partial charge in [-0.3, -0.25) is 0 Å². The molecule has 24 rings (SSSR count). The van der Waals surface area contributed by atoms with Gasteiger partial charge in [0.2, 0.25) is 0 Å². The van der Waals surface area contributed by atoms with Crippen molar-refractivity contribution in [3.63, 3.8) is 0 Å². The van der Waals surface area contributed by atoms with Crippen molar-refractivity contribution < 1.29 is 0 Å². The van der Waals surface area contributed by atoms with Gasteiger partial charge in [-0.15, -0.1) is 0 Å². The lowest BCUT2D eigenvalue weighted by atomic mass is 10.1. The normalized spacial score (nSPS) is 10.9. The third kappa shape index (κ3) is 18.9. The number of aromatic nitrogens is 8. The van der Waals surface area contributed by atoms with Crippen LogP contribution in [0.3, 0.4) is 0 Å². The van der Waals surface area contributed by atoms with E-state index in [2.05, 4.69) is 436 Å². The topological polar surface area (TPSA) is 39.4 Å². The molecule has 16 aromatic carbocycles. The molecule has 8 nitrogen and oxygen atoms in total. The average molecular weight is 1790 g/mol. The van der Waals surface area contributed by atoms with E-state index in [1.54, 1.807) is 0 Å². The second kappa shape index (κ2) is 44.4. The van der Waals surface area contributed by atoms with Gasteiger partial charge in [-0.05, 0) is 157 Å². The van der Waals surface area contributed by atoms with Crippen LogP contribution in [0, 0.1) is 55.4 Å². The van der Waals surface area contributed by atoms with Crippen LogP contribution in [-0.2, 0) is 54.4 Å². The maximum absolute atomic E-state index is 2.52. The van der Waals surface area contributed by atoms with Gasteiger partial charge in [-0.25, -0.2) is 0 Å². The fourth-order valence-electron chi connectivity index (χ4n) is 21.0. The molecule has 8 heterocycles. The van der Waals surface area contributed by atoms with Gasteiger partial charge in [0.05, 0.1) is 38.6 Å².